The van der Waals surface area contributed by atoms with Gasteiger partial charge in [0.2, 0.25) is 5.91 Å². The van der Waals surface area contributed by atoms with Gasteiger partial charge in [-0.2, -0.15) is 0 Å². The standard InChI is InChI=1S/C72H137NO8/c1-3-5-7-9-11-13-15-17-19-21-23-25-27-29-30-31-32-33-34-35-36-38-39-41-43-45-47-49-51-53-55-57-59-61-66(75)65(64-80-72-71(79)70(78)69(77)67(63-74)81-72)73-68(76)62-60-58-56-54-52-50-48-46-44-42-40-37-28-26-24-22-20-18-16-14-12-10-8-6-4-2/h22,24,51,53,59,61,65-67,69-72,74-75,77-79H,3-21,23,25-50,52,54-58,60,62-64H2,1-2H3,(H,73,76)/b24-22-,53-51+,61-59+. The van der Waals surface area contributed by atoms with Crippen LogP contribution >= 0.6 is 0 Å². The number of aliphatic hydroxyl groups excluding tert-OH is 5. The molecule has 0 bridgehead atoms. The third-order valence-corrected chi connectivity index (χ3v) is 17.2. The van der Waals surface area contributed by atoms with Gasteiger partial charge in [0.15, 0.2) is 6.29 Å². The molecule has 81 heavy (non-hydrogen) atoms. The first-order chi connectivity index (χ1) is 39.8. The third-order valence-electron chi connectivity index (χ3n) is 17.2. The molecule has 7 unspecified atom stereocenters. The largest absolute Gasteiger partial charge is 0.394 e. The van der Waals surface area contributed by atoms with Crippen molar-refractivity contribution in [2.45, 2.75) is 403 Å². The first-order valence-electron chi connectivity index (χ1n) is 35.7. The highest BCUT2D eigenvalue weighted by Gasteiger charge is 2.44. The Morgan fingerprint density at radius 2 is 0.704 bits per heavy atom. The van der Waals surface area contributed by atoms with Crippen LogP contribution in [0.5, 0.6) is 0 Å². The van der Waals surface area contributed by atoms with Crippen molar-refractivity contribution in [2.75, 3.05) is 13.2 Å². The highest BCUT2D eigenvalue weighted by Crippen LogP contribution is 2.23. The van der Waals surface area contributed by atoms with Gasteiger partial charge in [-0.15, -0.1) is 0 Å². The van der Waals surface area contributed by atoms with Crippen LogP contribution in [0.1, 0.15) is 361 Å². The number of unbranched alkanes of at least 4 members (excludes halogenated alkanes) is 49. The zero-order valence-corrected chi connectivity index (χ0v) is 53.6. The average Bonchev–Trinajstić information content (AvgIpc) is 3.49. The molecule has 0 aliphatic carbocycles. The Hall–Kier alpha value is -1.59. The molecule has 0 spiro atoms. The maximum absolute atomic E-state index is 13.1. The van der Waals surface area contributed by atoms with E-state index >= 15 is 0 Å². The lowest BCUT2D eigenvalue weighted by Crippen LogP contribution is -2.60. The number of nitrogens with one attached hydrogen (secondary N) is 1. The number of carbonyl (C=O) groups excluding carboxylic acids is 1. The number of aliphatic hydroxyl groups is 5. The molecule has 7 atom stereocenters. The summed E-state index contributed by atoms with van der Waals surface area (Å²) >= 11 is 0. The van der Waals surface area contributed by atoms with Gasteiger partial charge < -0.3 is 40.3 Å². The lowest BCUT2D eigenvalue weighted by molar-refractivity contribution is -0.302. The number of hydrogen-bond donors (Lipinski definition) is 6. The molecule has 1 rings (SSSR count). The van der Waals surface area contributed by atoms with Crippen LogP contribution < -0.4 is 5.32 Å². The summed E-state index contributed by atoms with van der Waals surface area (Å²) in [6.07, 6.45) is 75.5. The predicted octanol–water partition coefficient (Wildman–Crippen LogP) is 19.4. The van der Waals surface area contributed by atoms with Crippen molar-refractivity contribution in [1.82, 2.24) is 5.32 Å². The van der Waals surface area contributed by atoms with E-state index in [4.69, 9.17) is 9.47 Å². The summed E-state index contributed by atoms with van der Waals surface area (Å²) in [5, 5.41) is 54.7. The molecule has 0 aromatic carbocycles. The van der Waals surface area contributed by atoms with Crippen molar-refractivity contribution in [3.05, 3.63) is 36.5 Å². The van der Waals surface area contributed by atoms with Crippen molar-refractivity contribution in [3.63, 3.8) is 0 Å². The molecular formula is C72H137NO8. The Bertz CT molecular complexity index is 1370. The number of rotatable bonds is 63. The van der Waals surface area contributed by atoms with Gasteiger partial charge in [0.1, 0.15) is 24.4 Å². The lowest BCUT2D eigenvalue weighted by atomic mass is 9.99. The van der Waals surface area contributed by atoms with Crippen molar-refractivity contribution in [2.24, 2.45) is 0 Å². The molecule has 1 heterocycles. The molecule has 0 saturated carbocycles. The molecule has 478 valence electrons. The van der Waals surface area contributed by atoms with Gasteiger partial charge in [-0.05, 0) is 57.8 Å². The maximum atomic E-state index is 13.1. The van der Waals surface area contributed by atoms with Crippen LogP contribution in [0.15, 0.2) is 36.5 Å². The molecular weight excluding hydrogens is 1010 g/mol. The highest BCUT2D eigenvalue weighted by atomic mass is 16.7. The molecule has 0 aromatic heterocycles. The van der Waals surface area contributed by atoms with E-state index in [1.54, 1.807) is 6.08 Å². The minimum Gasteiger partial charge on any atom is -0.394 e. The summed E-state index contributed by atoms with van der Waals surface area (Å²) in [5.74, 6) is -0.181. The molecule has 1 amide bonds. The summed E-state index contributed by atoms with van der Waals surface area (Å²) in [5.41, 5.74) is 0. The van der Waals surface area contributed by atoms with E-state index < -0.39 is 49.5 Å². The highest BCUT2D eigenvalue weighted by molar-refractivity contribution is 5.76. The molecule has 0 radical (unpaired) electrons. The predicted molar refractivity (Wildman–Crippen MR) is 346 cm³/mol. The maximum Gasteiger partial charge on any atom is 0.220 e. The number of hydrogen-bond acceptors (Lipinski definition) is 8. The van der Waals surface area contributed by atoms with E-state index in [0.29, 0.717) is 6.42 Å². The van der Waals surface area contributed by atoms with Crippen LogP contribution in [-0.2, 0) is 14.3 Å². The zero-order valence-electron chi connectivity index (χ0n) is 53.6. The van der Waals surface area contributed by atoms with Crippen LogP contribution in [0.2, 0.25) is 0 Å². The van der Waals surface area contributed by atoms with E-state index in [2.05, 4.69) is 43.5 Å². The Morgan fingerprint density at radius 3 is 1.04 bits per heavy atom. The van der Waals surface area contributed by atoms with Gasteiger partial charge in [0.05, 0.1) is 25.4 Å². The van der Waals surface area contributed by atoms with E-state index in [0.717, 1.165) is 38.5 Å². The molecule has 1 aliphatic heterocycles. The molecule has 6 N–H and O–H groups in total. The SMILES string of the molecule is CCCCCCCCCC/C=C\CCCCCCCCCCCCCCCC(=O)NC(COC1OC(CO)C(O)C(O)C1O)C(O)/C=C/CC/C=C/CCCCCCCCCCCCCCCCCCCCCCCCCCCCC. The second-order valence-corrected chi connectivity index (χ2v) is 25.0. The first-order valence-corrected chi connectivity index (χ1v) is 35.7. The number of ether oxygens (including phenoxy) is 2. The lowest BCUT2D eigenvalue weighted by Gasteiger charge is -2.40. The van der Waals surface area contributed by atoms with Gasteiger partial charge in [-0.3, -0.25) is 4.79 Å². The summed E-state index contributed by atoms with van der Waals surface area (Å²) in [4.78, 5) is 13.1. The summed E-state index contributed by atoms with van der Waals surface area (Å²) < 4.78 is 11.3. The summed E-state index contributed by atoms with van der Waals surface area (Å²) in [6, 6.07) is -0.823. The Kier molecular flexibility index (Phi) is 58.8. The second kappa shape index (κ2) is 61.5. The molecule has 1 aliphatic rings. The fraction of sp³-hybridized carbons (Fsp3) is 0.903. The molecule has 9 heteroatoms. The van der Waals surface area contributed by atoms with Crippen molar-refractivity contribution >= 4 is 5.91 Å². The van der Waals surface area contributed by atoms with Crippen LogP contribution in [0.25, 0.3) is 0 Å². The third kappa shape index (κ3) is 50.3. The summed E-state index contributed by atoms with van der Waals surface area (Å²) in [6.45, 7) is 3.82. The minimum absolute atomic E-state index is 0.181. The normalized spacial score (nSPS) is 18.5. The minimum atomic E-state index is -1.57. The second-order valence-electron chi connectivity index (χ2n) is 25.0. The molecule has 1 saturated heterocycles. The van der Waals surface area contributed by atoms with Gasteiger partial charge in [-0.1, -0.05) is 333 Å². The number of allylic oxidation sites excluding steroid dienone is 5. The van der Waals surface area contributed by atoms with Crippen molar-refractivity contribution in [1.29, 1.82) is 0 Å². The first kappa shape index (κ1) is 77.4. The van der Waals surface area contributed by atoms with E-state index in [1.807, 2.05) is 6.08 Å². The van der Waals surface area contributed by atoms with Gasteiger partial charge in [0, 0.05) is 6.42 Å². The fourth-order valence-electron chi connectivity index (χ4n) is 11.6. The number of carbonyl (C=O) groups is 1. The summed E-state index contributed by atoms with van der Waals surface area (Å²) in [7, 11) is 0. The van der Waals surface area contributed by atoms with Crippen LogP contribution in [0, 0.1) is 0 Å². The van der Waals surface area contributed by atoms with Crippen LogP contribution in [0.3, 0.4) is 0 Å². The Labute approximate surface area is 501 Å². The average molecular weight is 1140 g/mol. The fourth-order valence-corrected chi connectivity index (χ4v) is 11.6. The quantitative estimate of drug-likeness (QED) is 0.0261. The van der Waals surface area contributed by atoms with Crippen molar-refractivity contribution < 1.29 is 39.8 Å². The number of amides is 1. The van der Waals surface area contributed by atoms with Crippen molar-refractivity contribution in [3.8, 4) is 0 Å². The Morgan fingerprint density at radius 1 is 0.407 bits per heavy atom. The molecule has 0 aromatic rings. The van der Waals surface area contributed by atoms with Crippen LogP contribution in [-0.4, -0.2) is 87.5 Å². The van der Waals surface area contributed by atoms with E-state index in [-0.39, 0.29) is 12.5 Å². The van der Waals surface area contributed by atoms with Gasteiger partial charge in [-0.25, -0.2) is 0 Å². The van der Waals surface area contributed by atoms with E-state index in [9.17, 15) is 30.3 Å². The van der Waals surface area contributed by atoms with Crippen LogP contribution in [0.4, 0.5) is 0 Å². The Balaban J connectivity index is 2.13. The molecule has 9 nitrogen and oxygen atoms in total. The molecule has 1 fully saturated rings. The van der Waals surface area contributed by atoms with Gasteiger partial charge in [0.25, 0.3) is 0 Å². The van der Waals surface area contributed by atoms with E-state index in [1.165, 1.54) is 302 Å². The zero-order chi connectivity index (χ0) is 58.6. The monoisotopic (exact) mass is 1140 g/mol. The van der Waals surface area contributed by atoms with Gasteiger partial charge >= 0.3 is 0 Å². The topological polar surface area (TPSA) is 149 Å². The smallest absolute Gasteiger partial charge is 0.220 e.